The van der Waals surface area contributed by atoms with Crippen LogP contribution in [0, 0.1) is 29.1 Å². The van der Waals surface area contributed by atoms with E-state index in [1.54, 1.807) is 44.9 Å². The summed E-state index contributed by atoms with van der Waals surface area (Å²) in [4.78, 5) is 0. The molecule has 0 aromatic heterocycles. The Balaban J connectivity index is 1.46. The van der Waals surface area contributed by atoms with Crippen molar-refractivity contribution >= 4 is 0 Å². The fourth-order valence-corrected chi connectivity index (χ4v) is 6.60. The van der Waals surface area contributed by atoms with Crippen molar-refractivity contribution in [3.8, 4) is 0 Å². The zero-order valence-electron chi connectivity index (χ0n) is 10.9. The van der Waals surface area contributed by atoms with E-state index in [4.69, 9.17) is 0 Å². The quantitative estimate of drug-likeness (QED) is 0.730. The van der Waals surface area contributed by atoms with Crippen molar-refractivity contribution in [2.45, 2.75) is 63.3 Å². The second-order valence-electron chi connectivity index (χ2n) is 8.34. The van der Waals surface area contributed by atoms with Gasteiger partial charge in [-0.3, -0.25) is 0 Å². The Bertz CT molecular complexity index is 319. The maximum atomic E-state index is 3.88. The smallest absolute Gasteiger partial charge is 0.0186 e. The molecule has 0 aromatic carbocycles. The van der Waals surface area contributed by atoms with Gasteiger partial charge in [-0.1, -0.05) is 0 Å². The van der Waals surface area contributed by atoms with Gasteiger partial charge < -0.3 is 5.32 Å². The summed E-state index contributed by atoms with van der Waals surface area (Å²) >= 11 is 0. The third kappa shape index (κ3) is 1.30. The minimum absolute atomic E-state index is 0.661. The summed E-state index contributed by atoms with van der Waals surface area (Å²) in [7, 11) is 0. The lowest BCUT2D eigenvalue weighted by Gasteiger charge is -2.59. The molecule has 6 fully saturated rings. The third-order valence-electron chi connectivity index (χ3n) is 7.17. The van der Waals surface area contributed by atoms with Gasteiger partial charge in [0.05, 0.1) is 0 Å². The molecule has 5 aliphatic carbocycles. The first-order chi connectivity index (χ1) is 8.25. The molecule has 0 radical (unpaired) electrons. The largest absolute Gasteiger partial charge is 0.311 e. The predicted molar refractivity (Wildman–Crippen MR) is 68.7 cm³/mol. The highest BCUT2D eigenvalue weighted by molar-refractivity contribution is 5.13. The molecule has 1 heterocycles. The zero-order valence-corrected chi connectivity index (χ0v) is 10.9. The summed E-state index contributed by atoms with van der Waals surface area (Å²) < 4.78 is 0. The van der Waals surface area contributed by atoms with Crippen LogP contribution in [-0.2, 0) is 0 Å². The fourth-order valence-electron chi connectivity index (χ4n) is 6.60. The first kappa shape index (κ1) is 9.83. The highest BCUT2D eigenvalue weighted by atomic mass is 15.1. The summed E-state index contributed by atoms with van der Waals surface area (Å²) in [5.74, 6) is 4.46. The summed E-state index contributed by atoms with van der Waals surface area (Å²) in [5, 5.41) is 3.88. The maximum absolute atomic E-state index is 3.88. The Labute approximate surface area is 105 Å². The molecule has 17 heavy (non-hydrogen) atoms. The zero-order chi connectivity index (χ0) is 11.1. The molecule has 1 nitrogen and oxygen atoms in total. The van der Waals surface area contributed by atoms with E-state index in [-0.39, 0.29) is 0 Å². The monoisotopic (exact) mass is 231 g/mol. The Morgan fingerprint density at radius 2 is 1.35 bits per heavy atom. The van der Waals surface area contributed by atoms with Gasteiger partial charge in [-0.05, 0) is 93.4 Å². The van der Waals surface area contributed by atoms with Crippen LogP contribution in [-0.4, -0.2) is 12.1 Å². The van der Waals surface area contributed by atoms with Crippen LogP contribution >= 0.6 is 0 Å². The molecular weight excluding hydrogens is 206 g/mol. The molecule has 1 spiro atoms. The van der Waals surface area contributed by atoms with Gasteiger partial charge in [0, 0.05) is 5.54 Å². The van der Waals surface area contributed by atoms with Crippen molar-refractivity contribution in [2.24, 2.45) is 29.1 Å². The number of hydrogen-bond acceptors (Lipinski definition) is 1. The Hall–Kier alpha value is -0.0400. The van der Waals surface area contributed by atoms with Crippen LogP contribution in [0.4, 0.5) is 0 Å². The van der Waals surface area contributed by atoms with E-state index in [1.165, 1.54) is 19.4 Å². The molecule has 0 amide bonds. The molecule has 0 aromatic rings. The van der Waals surface area contributed by atoms with Crippen molar-refractivity contribution in [1.82, 2.24) is 5.32 Å². The molecule has 1 N–H and O–H groups in total. The van der Waals surface area contributed by atoms with Gasteiger partial charge in [-0.25, -0.2) is 0 Å². The van der Waals surface area contributed by atoms with Crippen molar-refractivity contribution in [2.75, 3.05) is 6.54 Å². The Morgan fingerprint density at radius 1 is 0.765 bits per heavy atom. The van der Waals surface area contributed by atoms with E-state index in [0.717, 1.165) is 29.1 Å². The Kier molecular flexibility index (Phi) is 1.69. The normalized spacial score (nSPS) is 57.9. The van der Waals surface area contributed by atoms with Crippen molar-refractivity contribution < 1.29 is 0 Å². The Morgan fingerprint density at radius 3 is 1.82 bits per heavy atom. The molecule has 1 saturated heterocycles. The van der Waals surface area contributed by atoms with Gasteiger partial charge >= 0.3 is 0 Å². The molecular formula is C16H25N. The molecule has 1 aliphatic heterocycles. The van der Waals surface area contributed by atoms with E-state index in [9.17, 15) is 0 Å². The second kappa shape index (κ2) is 2.92. The lowest BCUT2D eigenvalue weighted by Crippen LogP contribution is -2.50. The third-order valence-corrected chi connectivity index (χ3v) is 7.17. The average molecular weight is 231 g/mol. The standard InChI is InChI=1S/C16H25N/c1-2-16(1)9-14(10-17-16)15-6-11-3-12(7-15)5-13(4-11)8-15/h11-14,17H,1-10H2. The van der Waals surface area contributed by atoms with Gasteiger partial charge in [0.2, 0.25) is 0 Å². The van der Waals surface area contributed by atoms with Gasteiger partial charge in [0.15, 0.2) is 0 Å². The maximum Gasteiger partial charge on any atom is 0.0186 e. The van der Waals surface area contributed by atoms with Crippen LogP contribution in [0.2, 0.25) is 0 Å². The highest BCUT2D eigenvalue weighted by Gasteiger charge is 2.59. The molecule has 1 atom stereocenters. The van der Waals surface area contributed by atoms with Gasteiger partial charge in [-0.2, -0.15) is 0 Å². The van der Waals surface area contributed by atoms with Crippen molar-refractivity contribution in [1.29, 1.82) is 0 Å². The van der Waals surface area contributed by atoms with E-state index in [2.05, 4.69) is 5.32 Å². The van der Waals surface area contributed by atoms with Crippen LogP contribution in [0.25, 0.3) is 0 Å². The first-order valence-corrected chi connectivity index (χ1v) is 8.00. The van der Waals surface area contributed by atoms with E-state index >= 15 is 0 Å². The molecule has 6 rings (SSSR count). The lowest BCUT2D eigenvalue weighted by molar-refractivity contribution is -0.0832. The summed E-state index contributed by atoms with van der Waals surface area (Å²) in [6.45, 7) is 1.37. The van der Waals surface area contributed by atoms with Gasteiger partial charge in [0.25, 0.3) is 0 Å². The molecule has 4 bridgehead atoms. The van der Waals surface area contributed by atoms with E-state index < -0.39 is 0 Å². The summed E-state index contributed by atoms with van der Waals surface area (Å²) in [5.41, 5.74) is 1.47. The summed E-state index contributed by atoms with van der Waals surface area (Å²) in [6, 6.07) is 0. The van der Waals surface area contributed by atoms with E-state index in [1.807, 2.05) is 0 Å². The molecule has 1 unspecified atom stereocenters. The van der Waals surface area contributed by atoms with E-state index in [0.29, 0.717) is 5.54 Å². The van der Waals surface area contributed by atoms with Crippen LogP contribution in [0.1, 0.15) is 57.8 Å². The van der Waals surface area contributed by atoms with Gasteiger partial charge in [0.1, 0.15) is 0 Å². The topological polar surface area (TPSA) is 12.0 Å². The molecule has 6 aliphatic rings. The van der Waals surface area contributed by atoms with Crippen LogP contribution < -0.4 is 5.32 Å². The number of nitrogens with one attached hydrogen (secondary N) is 1. The molecule has 5 saturated carbocycles. The highest BCUT2D eigenvalue weighted by Crippen LogP contribution is 2.65. The summed E-state index contributed by atoms with van der Waals surface area (Å²) in [6.07, 6.45) is 14.1. The van der Waals surface area contributed by atoms with Crippen molar-refractivity contribution in [3.63, 3.8) is 0 Å². The van der Waals surface area contributed by atoms with Crippen LogP contribution in [0.3, 0.4) is 0 Å². The van der Waals surface area contributed by atoms with Gasteiger partial charge in [-0.15, -0.1) is 0 Å². The SMILES string of the molecule is C1C2CC3CC1CC(C1CNC4(CC4)C1)(C2)C3. The number of rotatable bonds is 1. The minimum Gasteiger partial charge on any atom is -0.311 e. The minimum atomic E-state index is 0.661. The van der Waals surface area contributed by atoms with Crippen LogP contribution in [0.15, 0.2) is 0 Å². The first-order valence-electron chi connectivity index (χ1n) is 8.00. The van der Waals surface area contributed by atoms with Crippen LogP contribution in [0.5, 0.6) is 0 Å². The van der Waals surface area contributed by atoms with Crippen molar-refractivity contribution in [3.05, 3.63) is 0 Å². The predicted octanol–water partition coefficient (Wildman–Crippen LogP) is 3.34. The lowest BCUT2D eigenvalue weighted by atomic mass is 9.46. The molecule has 94 valence electrons. The molecule has 1 heteroatoms. The second-order valence-corrected chi connectivity index (χ2v) is 8.34. The number of hydrogen-bond donors (Lipinski definition) is 1. The average Bonchev–Trinajstić information content (AvgIpc) is 2.85. The fraction of sp³-hybridized carbons (Fsp3) is 1.00.